The average molecular weight is 389 g/mol. The summed E-state index contributed by atoms with van der Waals surface area (Å²) >= 11 is 5.84. The maximum Gasteiger partial charge on any atom is 0.234 e. The molecule has 6 nitrogen and oxygen atoms in total. The molecule has 0 bridgehead atoms. The van der Waals surface area contributed by atoms with Crippen molar-refractivity contribution in [3.63, 3.8) is 0 Å². The summed E-state index contributed by atoms with van der Waals surface area (Å²) in [7, 11) is 0. The van der Waals surface area contributed by atoms with Crippen molar-refractivity contribution >= 4 is 17.5 Å². The highest BCUT2D eigenvalue weighted by molar-refractivity contribution is 6.30. The summed E-state index contributed by atoms with van der Waals surface area (Å²) in [6, 6.07) is 14.4. The predicted molar refractivity (Wildman–Crippen MR) is 102 cm³/mol. The Balaban J connectivity index is 1.88. The first-order valence-electron chi connectivity index (χ1n) is 8.53. The van der Waals surface area contributed by atoms with E-state index in [1.54, 1.807) is 30.3 Å². The molecule has 0 aliphatic carbocycles. The summed E-state index contributed by atoms with van der Waals surface area (Å²) in [6.07, 6.45) is -0.160. The van der Waals surface area contributed by atoms with Crippen LogP contribution in [0.5, 0.6) is 17.2 Å². The number of nitriles is 1. The van der Waals surface area contributed by atoms with Gasteiger partial charge in [-0.3, -0.25) is 4.79 Å². The Bertz CT molecular complexity index is 788. The molecular weight excluding hydrogens is 368 g/mol. The monoisotopic (exact) mass is 388 g/mol. The molecule has 0 aliphatic rings. The van der Waals surface area contributed by atoms with Crippen LogP contribution in [-0.4, -0.2) is 25.7 Å². The van der Waals surface area contributed by atoms with Gasteiger partial charge in [0.2, 0.25) is 5.91 Å². The molecule has 0 atom stereocenters. The van der Waals surface area contributed by atoms with E-state index >= 15 is 0 Å². The topological polar surface area (TPSA) is 80.6 Å². The number of nitrogens with one attached hydrogen (secondary N) is 1. The van der Waals surface area contributed by atoms with Crippen LogP contribution < -0.4 is 19.5 Å². The zero-order valence-corrected chi connectivity index (χ0v) is 15.8. The van der Waals surface area contributed by atoms with Gasteiger partial charge in [0.15, 0.2) is 11.5 Å². The Labute approximate surface area is 163 Å². The summed E-state index contributed by atoms with van der Waals surface area (Å²) in [4.78, 5) is 11.4. The fourth-order valence-corrected chi connectivity index (χ4v) is 2.35. The van der Waals surface area contributed by atoms with Gasteiger partial charge in [-0.1, -0.05) is 17.7 Å². The highest BCUT2D eigenvalue weighted by Crippen LogP contribution is 2.28. The highest BCUT2D eigenvalue weighted by atomic mass is 35.5. The number of carbonyl (C=O) groups is 1. The number of hydrogen-bond acceptors (Lipinski definition) is 5. The van der Waals surface area contributed by atoms with Crippen molar-refractivity contribution in [3.8, 4) is 23.3 Å². The molecule has 2 aromatic rings. The van der Waals surface area contributed by atoms with E-state index < -0.39 is 0 Å². The molecule has 7 heteroatoms. The van der Waals surface area contributed by atoms with Crippen molar-refractivity contribution in [2.24, 2.45) is 0 Å². The second-order valence-corrected chi connectivity index (χ2v) is 5.91. The second kappa shape index (κ2) is 10.9. The van der Waals surface area contributed by atoms with Crippen molar-refractivity contribution in [2.45, 2.75) is 19.9 Å². The van der Waals surface area contributed by atoms with E-state index in [2.05, 4.69) is 5.32 Å². The Morgan fingerprint density at radius 1 is 1.07 bits per heavy atom. The number of amides is 1. The van der Waals surface area contributed by atoms with Crippen LogP contribution in [0, 0.1) is 11.3 Å². The lowest BCUT2D eigenvalue weighted by molar-refractivity contribution is -0.120. The summed E-state index contributed by atoms with van der Waals surface area (Å²) < 4.78 is 17.0. The third-order valence-corrected chi connectivity index (χ3v) is 3.71. The van der Waals surface area contributed by atoms with Gasteiger partial charge in [-0.05, 0) is 48.9 Å². The van der Waals surface area contributed by atoms with E-state index in [0.29, 0.717) is 42.9 Å². The number of nitrogens with zero attached hydrogens (tertiary/aromatic N) is 1. The minimum absolute atomic E-state index is 0.160. The Morgan fingerprint density at radius 2 is 1.81 bits per heavy atom. The molecule has 1 amide bonds. The molecular formula is C20H21ClN2O4. The Morgan fingerprint density at radius 3 is 2.52 bits per heavy atom. The van der Waals surface area contributed by atoms with Crippen LogP contribution in [0.2, 0.25) is 5.02 Å². The number of rotatable bonds is 10. The second-order valence-electron chi connectivity index (χ2n) is 5.48. The first-order valence-corrected chi connectivity index (χ1v) is 8.90. The Kier molecular flexibility index (Phi) is 8.27. The van der Waals surface area contributed by atoms with Gasteiger partial charge in [-0.2, -0.15) is 5.26 Å². The maximum absolute atomic E-state index is 11.4. The molecule has 0 radical (unpaired) electrons. The first-order chi connectivity index (χ1) is 13.1. The van der Waals surface area contributed by atoms with E-state index in [4.69, 9.17) is 31.1 Å². The number of benzene rings is 2. The minimum Gasteiger partial charge on any atom is -0.490 e. The van der Waals surface area contributed by atoms with Gasteiger partial charge >= 0.3 is 0 Å². The summed E-state index contributed by atoms with van der Waals surface area (Å²) in [6.45, 7) is 3.41. The first kappa shape index (κ1) is 20.4. The summed E-state index contributed by atoms with van der Waals surface area (Å²) in [5.74, 6) is 1.60. The van der Waals surface area contributed by atoms with E-state index in [0.717, 1.165) is 11.3 Å². The molecule has 0 saturated heterocycles. The van der Waals surface area contributed by atoms with E-state index in [9.17, 15) is 4.79 Å². The molecule has 0 fully saturated rings. The van der Waals surface area contributed by atoms with Crippen LogP contribution in [0.25, 0.3) is 0 Å². The van der Waals surface area contributed by atoms with Crippen molar-refractivity contribution in [2.75, 3.05) is 19.8 Å². The van der Waals surface area contributed by atoms with Crippen molar-refractivity contribution in [3.05, 3.63) is 53.1 Å². The van der Waals surface area contributed by atoms with Gasteiger partial charge in [-0.15, -0.1) is 0 Å². The quantitative estimate of drug-likeness (QED) is 0.627. The SMILES string of the molecule is CCOc1cc(CNC(=O)CC#N)ccc1OCCOc1ccc(Cl)cc1. The molecule has 2 rings (SSSR count). The van der Waals surface area contributed by atoms with Crippen molar-refractivity contribution in [1.29, 1.82) is 5.26 Å². The maximum atomic E-state index is 11.4. The molecule has 0 unspecified atom stereocenters. The third kappa shape index (κ3) is 7.08. The zero-order chi connectivity index (χ0) is 19.5. The lowest BCUT2D eigenvalue weighted by atomic mass is 10.2. The largest absolute Gasteiger partial charge is 0.490 e. The normalized spacial score (nSPS) is 9.96. The lowest BCUT2D eigenvalue weighted by Crippen LogP contribution is -2.21. The van der Waals surface area contributed by atoms with Crippen LogP contribution in [-0.2, 0) is 11.3 Å². The molecule has 27 heavy (non-hydrogen) atoms. The molecule has 0 aromatic heterocycles. The smallest absolute Gasteiger partial charge is 0.234 e. The molecule has 142 valence electrons. The van der Waals surface area contributed by atoms with Crippen molar-refractivity contribution < 1.29 is 19.0 Å². The molecule has 0 heterocycles. The number of carbonyl (C=O) groups excluding carboxylic acids is 1. The number of ether oxygens (including phenoxy) is 3. The average Bonchev–Trinajstić information content (AvgIpc) is 2.66. The molecule has 0 spiro atoms. The van der Waals surface area contributed by atoms with Gasteiger partial charge in [0.1, 0.15) is 25.4 Å². The van der Waals surface area contributed by atoms with Gasteiger partial charge < -0.3 is 19.5 Å². The Hall–Kier alpha value is -2.91. The van der Waals surface area contributed by atoms with Crippen LogP contribution >= 0.6 is 11.6 Å². The lowest BCUT2D eigenvalue weighted by Gasteiger charge is -2.14. The van der Waals surface area contributed by atoms with Gasteiger partial charge in [-0.25, -0.2) is 0 Å². The molecule has 0 aliphatic heterocycles. The molecule has 2 aromatic carbocycles. The number of halogens is 1. The predicted octanol–water partition coefficient (Wildman–Crippen LogP) is 3.73. The van der Waals surface area contributed by atoms with E-state index in [1.807, 2.05) is 25.1 Å². The van der Waals surface area contributed by atoms with Gasteiger partial charge in [0.05, 0.1) is 12.7 Å². The van der Waals surface area contributed by atoms with Crippen LogP contribution in [0.4, 0.5) is 0 Å². The van der Waals surface area contributed by atoms with E-state index in [1.165, 1.54) is 0 Å². The standard InChI is InChI=1S/C20H21ClN2O4/c1-2-25-19-13-15(14-23-20(24)9-10-22)3-8-18(19)27-12-11-26-17-6-4-16(21)5-7-17/h3-8,13H,2,9,11-12,14H2,1H3,(H,23,24). The van der Waals surface area contributed by atoms with Gasteiger partial charge in [0.25, 0.3) is 0 Å². The van der Waals surface area contributed by atoms with Crippen molar-refractivity contribution in [1.82, 2.24) is 5.32 Å². The zero-order valence-electron chi connectivity index (χ0n) is 15.0. The fourth-order valence-electron chi connectivity index (χ4n) is 2.23. The molecule has 0 saturated carbocycles. The van der Waals surface area contributed by atoms with Crippen LogP contribution in [0.15, 0.2) is 42.5 Å². The van der Waals surface area contributed by atoms with Gasteiger partial charge in [0, 0.05) is 11.6 Å². The van der Waals surface area contributed by atoms with Crippen LogP contribution in [0.1, 0.15) is 18.9 Å². The van der Waals surface area contributed by atoms with Crippen LogP contribution in [0.3, 0.4) is 0 Å². The summed E-state index contributed by atoms with van der Waals surface area (Å²) in [5, 5.41) is 11.8. The fraction of sp³-hybridized carbons (Fsp3) is 0.300. The highest BCUT2D eigenvalue weighted by Gasteiger charge is 2.08. The number of hydrogen-bond donors (Lipinski definition) is 1. The summed E-state index contributed by atoms with van der Waals surface area (Å²) in [5.41, 5.74) is 0.856. The molecule has 1 N–H and O–H groups in total. The third-order valence-electron chi connectivity index (χ3n) is 3.46. The minimum atomic E-state index is -0.310. The van der Waals surface area contributed by atoms with E-state index in [-0.39, 0.29) is 12.3 Å².